The van der Waals surface area contributed by atoms with E-state index < -0.39 is 6.10 Å². The van der Waals surface area contributed by atoms with E-state index in [9.17, 15) is 5.11 Å². The molecule has 0 aliphatic heterocycles. The number of thiophene rings is 1. The van der Waals surface area contributed by atoms with E-state index in [1.54, 1.807) is 12.3 Å². The van der Waals surface area contributed by atoms with Crippen LogP contribution in [0.5, 0.6) is 0 Å². The van der Waals surface area contributed by atoms with Gasteiger partial charge in [-0.1, -0.05) is 29.8 Å². The molecule has 3 aromatic rings. The first-order valence-corrected chi connectivity index (χ1v) is 6.76. The second-order valence-electron chi connectivity index (χ2n) is 4.03. The van der Waals surface area contributed by atoms with Crippen LogP contribution in [0.15, 0.2) is 48.0 Å². The van der Waals surface area contributed by atoms with E-state index in [4.69, 9.17) is 11.6 Å². The molecular formula is C14H10ClNOS. The van der Waals surface area contributed by atoms with Crippen molar-refractivity contribution in [2.24, 2.45) is 0 Å². The van der Waals surface area contributed by atoms with Gasteiger partial charge in [-0.25, -0.2) is 0 Å². The molecule has 2 nitrogen and oxygen atoms in total. The highest BCUT2D eigenvalue weighted by Crippen LogP contribution is 2.30. The van der Waals surface area contributed by atoms with Crippen LogP contribution in [-0.2, 0) is 0 Å². The van der Waals surface area contributed by atoms with Crippen molar-refractivity contribution in [1.29, 1.82) is 0 Å². The van der Waals surface area contributed by atoms with Gasteiger partial charge >= 0.3 is 0 Å². The summed E-state index contributed by atoms with van der Waals surface area (Å²) >= 11 is 7.33. The maximum Gasteiger partial charge on any atom is 0.113 e. The van der Waals surface area contributed by atoms with Gasteiger partial charge in [0.05, 0.1) is 10.5 Å². The topological polar surface area (TPSA) is 33.1 Å². The molecule has 2 aromatic heterocycles. The summed E-state index contributed by atoms with van der Waals surface area (Å²) in [7, 11) is 0. The van der Waals surface area contributed by atoms with Gasteiger partial charge in [-0.3, -0.25) is 4.98 Å². The molecule has 0 amide bonds. The SMILES string of the molecule is OC(c1ccc2cccnc2c1)c1cc(Cl)cs1. The Hall–Kier alpha value is -1.42. The molecule has 0 bridgehead atoms. The lowest BCUT2D eigenvalue weighted by Crippen LogP contribution is -1.97. The van der Waals surface area contributed by atoms with Gasteiger partial charge in [0.2, 0.25) is 0 Å². The highest BCUT2D eigenvalue weighted by molar-refractivity contribution is 7.10. The average molecular weight is 276 g/mol. The van der Waals surface area contributed by atoms with Crippen molar-refractivity contribution in [3.8, 4) is 0 Å². The summed E-state index contributed by atoms with van der Waals surface area (Å²) in [5.41, 5.74) is 1.72. The Labute approximate surface area is 113 Å². The number of hydrogen-bond acceptors (Lipinski definition) is 3. The number of hydrogen-bond donors (Lipinski definition) is 1. The molecule has 1 aromatic carbocycles. The third-order valence-corrected chi connectivity index (χ3v) is 4.14. The number of aliphatic hydroxyl groups excluding tert-OH is 1. The molecule has 0 aliphatic rings. The van der Waals surface area contributed by atoms with Crippen LogP contribution in [0.25, 0.3) is 10.9 Å². The van der Waals surface area contributed by atoms with E-state index in [0.717, 1.165) is 21.3 Å². The highest BCUT2D eigenvalue weighted by Gasteiger charge is 2.13. The van der Waals surface area contributed by atoms with Crippen LogP contribution in [-0.4, -0.2) is 10.1 Å². The molecule has 90 valence electrons. The molecular weight excluding hydrogens is 266 g/mol. The Balaban J connectivity index is 2.03. The van der Waals surface area contributed by atoms with Crippen LogP contribution in [0.3, 0.4) is 0 Å². The van der Waals surface area contributed by atoms with E-state index in [1.807, 2.05) is 35.7 Å². The van der Waals surface area contributed by atoms with Crippen LogP contribution in [0.2, 0.25) is 5.02 Å². The van der Waals surface area contributed by atoms with Crippen molar-refractivity contribution < 1.29 is 5.11 Å². The molecule has 0 saturated carbocycles. The number of fused-ring (bicyclic) bond motifs is 1. The molecule has 18 heavy (non-hydrogen) atoms. The zero-order chi connectivity index (χ0) is 12.5. The molecule has 0 fully saturated rings. The number of aromatic nitrogens is 1. The summed E-state index contributed by atoms with van der Waals surface area (Å²) < 4.78 is 0. The maximum atomic E-state index is 10.3. The molecule has 0 radical (unpaired) electrons. The fourth-order valence-electron chi connectivity index (χ4n) is 1.89. The first kappa shape index (κ1) is 11.7. The van der Waals surface area contributed by atoms with Crippen molar-refractivity contribution in [3.05, 3.63) is 63.4 Å². The first-order chi connectivity index (χ1) is 8.74. The van der Waals surface area contributed by atoms with E-state index in [1.165, 1.54) is 11.3 Å². The van der Waals surface area contributed by atoms with E-state index >= 15 is 0 Å². The number of nitrogens with zero attached hydrogens (tertiary/aromatic N) is 1. The molecule has 1 N–H and O–H groups in total. The fourth-order valence-corrected chi connectivity index (χ4v) is 2.98. The standard InChI is InChI=1S/C14H10ClNOS/c15-11-7-13(18-8-11)14(17)10-4-3-9-2-1-5-16-12(9)6-10/h1-8,14,17H. The number of rotatable bonds is 2. The van der Waals surface area contributed by atoms with Crippen molar-refractivity contribution in [2.45, 2.75) is 6.10 Å². The predicted molar refractivity (Wildman–Crippen MR) is 75.1 cm³/mol. The summed E-state index contributed by atoms with van der Waals surface area (Å²) in [6, 6.07) is 11.5. The zero-order valence-electron chi connectivity index (χ0n) is 9.38. The molecule has 1 atom stereocenters. The number of benzene rings is 1. The third-order valence-electron chi connectivity index (χ3n) is 2.80. The molecule has 0 aliphatic carbocycles. The largest absolute Gasteiger partial charge is 0.383 e. The highest BCUT2D eigenvalue weighted by atomic mass is 35.5. The molecule has 2 heterocycles. The van der Waals surface area contributed by atoms with E-state index in [0.29, 0.717) is 5.02 Å². The predicted octanol–water partition coefficient (Wildman–Crippen LogP) is 4.03. The fraction of sp³-hybridized carbons (Fsp3) is 0.0714. The summed E-state index contributed by atoms with van der Waals surface area (Å²) in [6.45, 7) is 0. The summed E-state index contributed by atoms with van der Waals surface area (Å²) in [6.07, 6.45) is 1.11. The van der Waals surface area contributed by atoms with Gasteiger partial charge in [-0.15, -0.1) is 11.3 Å². The van der Waals surface area contributed by atoms with Crippen LogP contribution in [0.1, 0.15) is 16.5 Å². The quantitative estimate of drug-likeness (QED) is 0.766. The Bertz CT molecular complexity index is 695. The first-order valence-electron chi connectivity index (χ1n) is 5.51. The van der Waals surface area contributed by atoms with E-state index in [-0.39, 0.29) is 0 Å². The Morgan fingerprint density at radius 1 is 1.22 bits per heavy atom. The van der Waals surface area contributed by atoms with Crippen molar-refractivity contribution in [1.82, 2.24) is 4.98 Å². The lowest BCUT2D eigenvalue weighted by Gasteiger charge is -2.09. The summed E-state index contributed by atoms with van der Waals surface area (Å²) in [5, 5.41) is 13.8. The van der Waals surface area contributed by atoms with Crippen LogP contribution >= 0.6 is 22.9 Å². The van der Waals surface area contributed by atoms with Crippen LogP contribution in [0.4, 0.5) is 0 Å². The smallest absolute Gasteiger partial charge is 0.113 e. The Kier molecular flexibility index (Phi) is 3.04. The lowest BCUT2D eigenvalue weighted by molar-refractivity contribution is 0.224. The molecule has 0 saturated heterocycles. The van der Waals surface area contributed by atoms with Crippen LogP contribution in [0, 0.1) is 0 Å². The maximum absolute atomic E-state index is 10.3. The second-order valence-corrected chi connectivity index (χ2v) is 5.40. The average Bonchev–Trinajstić information content (AvgIpc) is 2.84. The van der Waals surface area contributed by atoms with Gasteiger partial charge in [-0.2, -0.15) is 0 Å². The van der Waals surface area contributed by atoms with Crippen molar-refractivity contribution in [3.63, 3.8) is 0 Å². The molecule has 3 rings (SSSR count). The minimum atomic E-state index is -0.645. The van der Waals surface area contributed by atoms with Crippen LogP contribution < -0.4 is 0 Å². The Morgan fingerprint density at radius 2 is 2.11 bits per heavy atom. The monoisotopic (exact) mass is 275 g/mol. The molecule has 4 heteroatoms. The van der Waals surface area contributed by atoms with Gasteiger partial charge in [0, 0.05) is 21.8 Å². The van der Waals surface area contributed by atoms with Gasteiger partial charge < -0.3 is 5.11 Å². The molecule has 0 spiro atoms. The third kappa shape index (κ3) is 2.12. The van der Waals surface area contributed by atoms with Gasteiger partial charge in [0.15, 0.2) is 0 Å². The minimum Gasteiger partial charge on any atom is -0.383 e. The zero-order valence-corrected chi connectivity index (χ0v) is 10.9. The van der Waals surface area contributed by atoms with E-state index in [2.05, 4.69) is 4.98 Å². The second kappa shape index (κ2) is 4.69. The molecule has 1 unspecified atom stereocenters. The summed E-state index contributed by atoms with van der Waals surface area (Å²) in [5.74, 6) is 0. The van der Waals surface area contributed by atoms with Crippen molar-refractivity contribution >= 4 is 33.8 Å². The van der Waals surface area contributed by atoms with Crippen molar-refractivity contribution in [2.75, 3.05) is 0 Å². The number of halogens is 1. The van der Waals surface area contributed by atoms with Gasteiger partial charge in [0.1, 0.15) is 6.10 Å². The lowest BCUT2D eigenvalue weighted by atomic mass is 10.1. The normalized spacial score (nSPS) is 12.8. The van der Waals surface area contributed by atoms with Gasteiger partial charge in [0.25, 0.3) is 0 Å². The number of pyridine rings is 1. The number of aliphatic hydroxyl groups is 1. The minimum absolute atomic E-state index is 0.645. The summed E-state index contributed by atoms with van der Waals surface area (Å²) in [4.78, 5) is 5.13. The Morgan fingerprint density at radius 3 is 2.89 bits per heavy atom. The van der Waals surface area contributed by atoms with Gasteiger partial charge in [-0.05, 0) is 23.8 Å².